The van der Waals surface area contributed by atoms with Crippen molar-refractivity contribution in [3.63, 3.8) is 0 Å². The highest BCUT2D eigenvalue weighted by Crippen LogP contribution is 2.20. The Kier molecular flexibility index (Phi) is 4.22. The first kappa shape index (κ1) is 13.5. The van der Waals surface area contributed by atoms with Gasteiger partial charge in [0.2, 0.25) is 0 Å². The first-order valence-electron chi connectivity index (χ1n) is 6.93. The fraction of sp³-hybridized carbons (Fsp3) is 0.500. The summed E-state index contributed by atoms with van der Waals surface area (Å²) in [5, 5.41) is 10.3. The molecule has 5 nitrogen and oxygen atoms in total. The van der Waals surface area contributed by atoms with E-state index in [9.17, 15) is 0 Å². The Morgan fingerprint density at radius 2 is 2.45 bits per heavy atom. The zero-order chi connectivity index (χ0) is 13.8. The maximum Gasteiger partial charge on any atom is 0.151 e. The van der Waals surface area contributed by atoms with Gasteiger partial charge >= 0.3 is 0 Å². The number of piperidine rings is 1. The highest BCUT2D eigenvalue weighted by Gasteiger charge is 2.24. The van der Waals surface area contributed by atoms with Gasteiger partial charge in [0.1, 0.15) is 0 Å². The van der Waals surface area contributed by atoms with Crippen molar-refractivity contribution in [1.82, 2.24) is 20.1 Å². The second kappa shape index (κ2) is 6.28. The smallest absolute Gasteiger partial charge is 0.151 e. The molecule has 2 aromatic heterocycles. The van der Waals surface area contributed by atoms with E-state index in [4.69, 9.17) is 0 Å². The van der Waals surface area contributed by atoms with Crippen molar-refractivity contribution in [1.29, 1.82) is 0 Å². The number of nitrogens with zero attached hydrogens (tertiary/aromatic N) is 5. The number of rotatable bonds is 4. The van der Waals surface area contributed by atoms with E-state index in [2.05, 4.69) is 37.4 Å². The van der Waals surface area contributed by atoms with Crippen LogP contribution in [0, 0.1) is 0 Å². The van der Waals surface area contributed by atoms with E-state index < -0.39 is 0 Å². The molecule has 0 aliphatic carbocycles. The molecule has 1 saturated heterocycles. The lowest BCUT2D eigenvalue weighted by molar-refractivity contribution is 0.205. The topological polar surface area (TPSA) is 45.2 Å². The monoisotopic (exact) mass is 289 g/mol. The van der Waals surface area contributed by atoms with Gasteiger partial charge in [-0.3, -0.25) is 4.90 Å². The van der Waals surface area contributed by atoms with Gasteiger partial charge in [-0.15, -0.1) is 16.4 Å². The zero-order valence-corrected chi connectivity index (χ0v) is 12.5. The molecule has 2 aromatic rings. The lowest BCUT2D eigenvalue weighted by Gasteiger charge is -2.37. The van der Waals surface area contributed by atoms with Crippen LogP contribution in [-0.4, -0.2) is 46.3 Å². The summed E-state index contributed by atoms with van der Waals surface area (Å²) in [5.74, 6) is 0.985. The number of aromatic nitrogens is 3. The summed E-state index contributed by atoms with van der Waals surface area (Å²) in [7, 11) is 2.18. The summed E-state index contributed by atoms with van der Waals surface area (Å²) >= 11 is 1.66. The Morgan fingerprint density at radius 1 is 1.50 bits per heavy atom. The third-order valence-electron chi connectivity index (χ3n) is 3.80. The van der Waals surface area contributed by atoms with Crippen LogP contribution in [0.15, 0.2) is 29.2 Å². The van der Waals surface area contributed by atoms with Crippen LogP contribution in [0.5, 0.6) is 0 Å². The van der Waals surface area contributed by atoms with E-state index in [1.165, 1.54) is 12.8 Å². The fourth-order valence-corrected chi connectivity index (χ4v) is 3.23. The largest absolute Gasteiger partial charge is 0.354 e. The molecule has 20 heavy (non-hydrogen) atoms. The van der Waals surface area contributed by atoms with Gasteiger partial charge in [0.25, 0.3) is 0 Å². The summed E-state index contributed by atoms with van der Waals surface area (Å²) < 4.78 is 0. The van der Waals surface area contributed by atoms with E-state index in [0.29, 0.717) is 6.04 Å². The molecule has 0 amide bonds. The summed E-state index contributed by atoms with van der Waals surface area (Å²) in [6.45, 7) is 3.00. The van der Waals surface area contributed by atoms with Gasteiger partial charge in [-0.1, -0.05) is 0 Å². The van der Waals surface area contributed by atoms with E-state index in [1.54, 1.807) is 17.5 Å². The summed E-state index contributed by atoms with van der Waals surface area (Å²) in [4.78, 5) is 9.10. The van der Waals surface area contributed by atoms with Crippen LogP contribution in [0.25, 0.3) is 0 Å². The maximum absolute atomic E-state index is 4.37. The molecule has 0 radical (unpaired) electrons. The molecule has 1 aliphatic heterocycles. The van der Waals surface area contributed by atoms with Gasteiger partial charge < -0.3 is 4.90 Å². The van der Waals surface area contributed by atoms with Crippen LogP contribution in [-0.2, 0) is 6.54 Å². The van der Waals surface area contributed by atoms with Crippen molar-refractivity contribution >= 4 is 17.2 Å². The van der Waals surface area contributed by atoms with Crippen molar-refractivity contribution in [2.75, 3.05) is 25.0 Å². The van der Waals surface area contributed by atoms with Gasteiger partial charge in [0.05, 0.1) is 11.2 Å². The minimum Gasteiger partial charge on any atom is -0.354 e. The van der Waals surface area contributed by atoms with Gasteiger partial charge in [0.15, 0.2) is 5.82 Å². The van der Waals surface area contributed by atoms with Crippen LogP contribution >= 0.6 is 11.3 Å². The molecule has 0 N–H and O–H groups in total. The minimum atomic E-state index is 0.549. The number of thiazole rings is 1. The van der Waals surface area contributed by atoms with E-state index >= 15 is 0 Å². The molecule has 0 spiro atoms. The van der Waals surface area contributed by atoms with Gasteiger partial charge in [-0.05, 0) is 32.0 Å². The highest BCUT2D eigenvalue weighted by molar-refractivity contribution is 7.07. The van der Waals surface area contributed by atoms with Crippen molar-refractivity contribution in [3.8, 4) is 0 Å². The lowest BCUT2D eigenvalue weighted by atomic mass is 10.0. The maximum atomic E-state index is 4.37. The summed E-state index contributed by atoms with van der Waals surface area (Å²) in [5.41, 5.74) is 3.06. The Balaban J connectivity index is 1.63. The SMILES string of the molecule is CN(Cc1cscn1)[C@@H]1CCCN(c2cccnn2)C1. The van der Waals surface area contributed by atoms with Crippen LogP contribution in [0.4, 0.5) is 5.82 Å². The van der Waals surface area contributed by atoms with E-state index in [0.717, 1.165) is 31.1 Å². The third kappa shape index (κ3) is 3.13. The molecule has 1 aliphatic rings. The number of hydrogen-bond donors (Lipinski definition) is 0. The molecule has 0 unspecified atom stereocenters. The molecule has 106 valence electrons. The summed E-state index contributed by atoms with van der Waals surface area (Å²) in [6, 6.07) is 4.54. The lowest BCUT2D eigenvalue weighted by Crippen LogP contribution is -2.46. The molecule has 3 rings (SSSR count). The molecular weight excluding hydrogens is 270 g/mol. The van der Waals surface area contributed by atoms with Crippen LogP contribution < -0.4 is 4.90 Å². The van der Waals surface area contributed by atoms with Gasteiger partial charge in [-0.2, -0.15) is 5.10 Å². The van der Waals surface area contributed by atoms with Crippen LogP contribution in [0.3, 0.4) is 0 Å². The second-order valence-electron chi connectivity index (χ2n) is 5.22. The molecule has 6 heteroatoms. The van der Waals surface area contributed by atoms with Crippen molar-refractivity contribution in [3.05, 3.63) is 34.9 Å². The average Bonchev–Trinajstić information content (AvgIpc) is 3.01. The predicted molar refractivity (Wildman–Crippen MR) is 80.8 cm³/mol. The fourth-order valence-electron chi connectivity index (χ4n) is 2.68. The Bertz CT molecular complexity index is 516. The Morgan fingerprint density at radius 3 is 3.20 bits per heavy atom. The molecule has 0 bridgehead atoms. The van der Waals surface area contributed by atoms with Crippen molar-refractivity contribution in [2.45, 2.75) is 25.4 Å². The quantitative estimate of drug-likeness (QED) is 0.862. The molecule has 0 saturated carbocycles. The van der Waals surface area contributed by atoms with Gasteiger partial charge in [0, 0.05) is 37.3 Å². The highest BCUT2D eigenvalue weighted by atomic mass is 32.1. The number of hydrogen-bond acceptors (Lipinski definition) is 6. The van der Waals surface area contributed by atoms with Gasteiger partial charge in [-0.25, -0.2) is 4.98 Å². The Labute approximate surface area is 123 Å². The van der Waals surface area contributed by atoms with Crippen molar-refractivity contribution < 1.29 is 0 Å². The molecule has 1 fully saturated rings. The number of anilines is 1. The standard InChI is InChI=1S/C14H19N5S/c1-18(8-12-10-20-11-15-12)13-4-3-7-19(9-13)14-5-2-6-16-17-14/h2,5-6,10-11,13H,3-4,7-9H2,1H3/t13-/m1/s1. The first-order valence-corrected chi connectivity index (χ1v) is 7.87. The first-order chi connectivity index (χ1) is 9.83. The zero-order valence-electron chi connectivity index (χ0n) is 11.6. The molecular formula is C14H19N5S. The number of likely N-dealkylation sites (N-methyl/N-ethyl adjacent to an activating group) is 1. The molecule has 3 heterocycles. The van der Waals surface area contributed by atoms with Crippen LogP contribution in [0.2, 0.25) is 0 Å². The van der Waals surface area contributed by atoms with E-state index in [-0.39, 0.29) is 0 Å². The molecule has 1 atom stereocenters. The average molecular weight is 289 g/mol. The normalized spacial score (nSPS) is 19.5. The Hall–Kier alpha value is -1.53. The van der Waals surface area contributed by atoms with Crippen LogP contribution in [0.1, 0.15) is 18.5 Å². The predicted octanol–water partition coefficient (Wildman–Crippen LogP) is 2.03. The van der Waals surface area contributed by atoms with E-state index in [1.807, 2.05) is 17.6 Å². The third-order valence-corrected chi connectivity index (χ3v) is 4.43. The minimum absolute atomic E-state index is 0.549. The van der Waals surface area contributed by atoms with Crippen molar-refractivity contribution in [2.24, 2.45) is 0 Å². The second-order valence-corrected chi connectivity index (χ2v) is 5.94. The summed E-state index contributed by atoms with van der Waals surface area (Å²) in [6.07, 6.45) is 4.15. The molecule has 0 aromatic carbocycles.